The van der Waals surface area contributed by atoms with Gasteiger partial charge in [0, 0.05) is 31.1 Å². The van der Waals surface area contributed by atoms with E-state index in [0.29, 0.717) is 12.0 Å². The van der Waals surface area contributed by atoms with E-state index in [1.54, 1.807) is 7.11 Å². The van der Waals surface area contributed by atoms with Crippen LogP contribution in [0.1, 0.15) is 48.9 Å². The van der Waals surface area contributed by atoms with E-state index in [1.807, 2.05) is 35.5 Å². The van der Waals surface area contributed by atoms with Gasteiger partial charge in [-0.1, -0.05) is 0 Å². The van der Waals surface area contributed by atoms with E-state index in [0.717, 1.165) is 49.5 Å². The van der Waals surface area contributed by atoms with Crippen LogP contribution in [0, 0.1) is 5.92 Å². The third-order valence-corrected chi connectivity index (χ3v) is 4.91. The van der Waals surface area contributed by atoms with Gasteiger partial charge in [-0.3, -0.25) is 4.79 Å². The van der Waals surface area contributed by atoms with E-state index >= 15 is 0 Å². The number of likely N-dealkylation sites (tertiary alicyclic amines) is 1. The van der Waals surface area contributed by atoms with Crippen molar-refractivity contribution in [1.82, 2.24) is 19.7 Å². The molecule has 0 aliphatic carbocycles. The van der Waals surface area contributed by atoms with Gasteiger partial charge in [0.15, 0.2) is 0 Å². The van der Waals surface area contributed by atoms with Crippen LogP contribution in [0.3, 0.4) is 0 Å². The van der Waals surface area contributed by atoms with Crippen molar-refractivity contribution in [2.75, 3.05) is 20.2 Å². The Hall–Kier alpha value is -2.37. The van der Waals surface area contributed by atoms with Crippen molar-refractivity contribution < 1.29 is 9.53 Å². The molecule has 0 N–H and O–H groups in total. The first-order chi connectivity index (χ1) is 12.1. The molecule has 25 heavy (non-hydrogen) atoms. The van der Waals surface area contributed by atoms with Crippen LogP contribution in [0.25, 0.3) is 0 Å². The largest absolute Gasteiger partial charge is 0.497 e. The maximum atomic E-state index is 12.6. The average Bonchev–Trinajstić information content (AvgIpc) is 3.10. The maximum absolute atomic E-state index is 12.6. The molecule has 0 spiro atoms. The zero-order chi connectivity index (χ0) is 17.8. The molecule has 1 aliphatic heterocycles. The Morgan fingerprint density at radius 1 is 1.24 bits per heavy atom. The summed E-state index contributed by atoms with van der Waals surface area (Å²) in [4.78, 5) is 14.6. The Balaban J connectivity index is 1.56. The molecule has 0 unspecified atom stereocenters. The van der Waals surface area contributed by atoms with Crippen molar-refractivity contribution in [1.29, 1.82) is 0 Å². The number of ether oxygens (including phenoxy) is 1. The number of methoxy groups -OCH3 is 1. The molecule has 2 aromatic rings. The van der Waals surface area contributed by atoms with Crippen LogP contribution in [0.2, 0.25) is 0 Å². The number of carbonyl (C=O) groups is 1. The second-order valence-corrected chi connectivity index (χ2v) is 6.92. The highest BCUT2D eigenvalue weighted by atomic mass is 16.5. The van der Waals surface area contributed by atoms with E-state index in [1.165, 1.54) is 0 Å². The predicted octanol–water partition coefficient (Wildman–Crippen LogP) is 2.96. The molecule has 6 nitrogen and oxygen atoms in total. The molecule has 6 heteroatoms. The summed E-state index contributed by atoms with van der Waals surface area (Å²) in [5.74, 6) is 2.48. The van der Waals surface area contributed by atoms with Crippen molar-refractivity contribution in [3.63, 3.8) is 0 Å². The molecule has 1 aliphatic rings. The molecule has 2 heterocycles. The zero-order valence-electron chi connectivity index (χ0n) is 15.2. The Kier molecular flexibility index (Phi) is 5.36. The average molecular weight is 342 g/mol. The van der Waals surface area contributed by atoms with Crippen molar-refractivity contribution in [3.8, 4) is 5.75 Å². The van der Waals surface area contributed by atoms with E-state index < -0.39 is 0 Å². The fourth-order valence-electron chi connectivity index (χ4n) is 3.36. The third-order valence-electron chi connectivity index (χ3n) is 4.91. The van der Waals surface area contributed by atoms with E-state index in [9.17, 15) is 4.79 Å². The third kappa shape index (κ3) is 4.00. The lowest BCUT2D eigenvalue weighted by molar-refractivity contribution is 0.0689. The zero-order valence-corrected chi connectivity index (χ0v) is 15.2. The number of benzene rings is 1. The summed E-state index contributed by atoms with van der Waals surface area (Å²) in [5.41, 5.74) is 0.721. The molecular formula is C19H26N4O2. The summed E-state index contributed by atoms with van der Waals surface area (Å²) in [6.45, 7) is 5.88. The number of carbonyl (C=O) groups excluding carboxylic acids is 1. The van der Waals surface area contributed by atoms with Gasteiger partial charge in [-0.2, -0.15) is 0 Å². The summed E-state index contributed by atoms with van der Waals surface area (Å²) in [6, 6.07) is 7.70. The van der Waals surface area contributed by atoms with Crippen LogP contribution in [0.5, 0.6) is 5.75 Å². The lowest BCUT2D eigenvalue weighted by Crippen LogP contribution is -2.39. The number of hydrogen-bond donors (Lipinski definition) is 0. The SMILES string of the molecule is COc1ccc(C(=O)N2CCC(Cc3nncn3C(C)C)CC2)cc1. The molecule has 3 rings (SSSR count). The number of nitrogens with zero attached hydrogens (tertiary/aromatic N) is 4. The molecule has 1 aromatic carbocycles. The molecule has 0 saturated carbocycles. The summed E-state index contributed by atoms with van der Waals surface area (Å²) >= 11 is 0. The molecule has 1 fully saturated rings. The van der Waals surface area contributed by atoms with Gasteiger partial charge in [-0.15, -0.1) is 10.2 Å². The van der Waals surface area contributed by atoms with Crippen LogP contribution < -0.4 is 4.74 Å². The van der Waals surface area contributed by atoms with Gasteiger partial charge in [0.2, 0.25) is 0 Å². The number of aromatic nitrogens is 3. The fraction of sp³-hybridized carbons (Fsp3) is 0.526. The normalized spacial score (nSPS) is 15.6. The van der Waals surface area contributed by atoms with Crippen molar-refractivity contribution in [2.24, 2.45) is 5.92 Å². The van der Waals surface area contributed by atoms with Crippen LogP contribution in [0.15, 0.2) is 30.6 Å². The maximum Gasteiger partial charge on any atom is 0.253 e. The van der Waals surface area contributed by atoms with Gasteiger partial charge in [0.25, 0.3) is 5.91 Å². The van der Waals surface area contributed by atoms with Gasteiger partial charge in [-0.05, 0) is 56.9 Å². The number of rotatable bonds is 5. The lowest BCUT2D eigenvalue weighted by atomic mass is 9.92. The van der Waals surface area contributed by atoms with Crippen LogP contribution >= 0.6 is 0 Å². The summed E-state index contributed by atoms with van der Waals surface area (Å²) in [6.07, 6.45) is 4.75. The van der Waals surface area contributed by atoms with E-state index in [-0.39, 0.29) is 5.91 Å². The molecule has 1 saturated heterocycles. The number of piperidine rings is 1. The minimum Gasteiger partial charge on any atom is -0.497 e. The smallest absolute Gasteiger partial charge is 0.253 e. The van der Waals surface area contributed by atoms with Gasteiger partial charge in [0.1, 0.15) is 17.9 Å². The topological polar surface area (TPSA) is 60.2 Å². The second-order valence-electron chi connectivity index (χ2n) is 6.92. The van der Waals surface area contributed by atoms with Crippen molar-refractivity contribution in [3.05, 3.63) is 42.0 Å². The van der Waals surface area contributed by atoms with Crippen LogP contribution in [-0.2, 0) is 6.42 Å². The summed E-state index contributed by atoms with van der Waals surface area (Å²) < 4.78 is 7.28. The minimum atomic E-state index is 0.103. The van der Waals surface area contributed by atoms with Crippen molar-refractivity contribution in [2.45, 2.75) is 39.2 Å². The van der Waals surface area contributed by atoms with Gasteiger partial charge in [-0.25, -0.2) is 0 Å². The van der Waals surface area contributed by atoms with Gasteiger partial charge < -0.3 is 14.2 Å². The second kappa shape index (κ2) is 7.68. The van der Waals surface area contributed by atoms with Crippen LogP contribution in [-0.4, -0.2) is 45.8 Å². The molecule has 0 atom stereocenters. The highest BCUT2D eigenvalue weighted by Gasteiger charge is 2.25. The lowest BCUT2D eigenvalue weighted by Gasteiger charge is -2.32. The van der Waals surface area contributed by atoms with Gasteiger partial charge >= 0.3 is 0 Å². The molecule has 1 amide bonds. The fourth-order valence-corrected chi connectivity index (χ4v) is 3.36. The first-order valence-electron chi connectivity index (χ1n) is 8.90. The minimum absolute atomic E-state index is 0.103. The Bertz CT molecular complexity index is 700. The highest BCUT2D eigenvalue weighted by Crippen LogP contribution is 2.23. The predicted molar refractivity (Wildman–Crippen MR) is 95.7 cm³/mol. The molecule has 134 valence electrons. The first-order valence-corrected chi connectivity index (χ1v) is 8.90. The summed E-state index contributed by atoms with van der Waals surface area (Å²) in [5, 5.41) is 8.31. The Labute approximate surface area is 148 Å². The van der Waals surface area contributed by atoms with Crippen LogP contribution in [0.4, 0.5) is 0 Å². The van der Waals surface area contributed by atoms with E-state index in [4.69, 9.17) is 4.74 Å². The first kappa shape index (κ1) is 17.5. The standard InChI is InChI=1S/C19H26N4O2/c1-14(2)23-13-20-21-18(23)12-15-8-10-22(11-9-15)19(24)16-4-6-17(25-3)7-5-16/h4-7,13-15H,8-12H2,1-3H3. The molecule has 1 aromatic heterocycles. The number of hydrogen-bond acceptors (Lipinski definition) is 4. The van der Waals surface area contributed by atoms with Gasteiger partial charge in [0.05, 0.1) is 7.11 Å². The Morgan fingerprint density at radius 3 is 2.52 bits per heavy atom. The molecule has 0 bridgehead atoms. The van der Waals surface area contributed by atoms with Crippen molar-refractivity contribution >= 4 is 5.91 Å². The number of amides is 1. The quantitative estimate of drug-likeness (QED) is 0.838. The monoisotopic (exact) mass is 342 g/mol. The Morgan fingerprint density at radius 2 is 1.92 bits per heavy atom. The van der Waals surface area contributed by atoms with E-state index in [2.05, 4.69) is 28.6 Å². The summed E-state index contributed by atoms with van der Waals surface area (Å²) in [7, 11) is 1.63. The highest BCUT2D eigenvalue weighted by molar-refractivity contribution is 5.94. The molecular weight excluding hydrogens is 316 g/mol. The molecule has 0 radical (unpaired) electrons.